The van der Waals surface area contributed by atoms with Crippen molar-refractivity contribution in [2.24, 2.45) is 0 Å². The average molecular weight is 502 g/mol. The second kappa shape index (κ2) is 8.72. The Labute approximate surface area is 189 Å². The quantitative estimate of drug-likeness (QED) is 0.462. The van der Waals surface area contributed by atoms with E-state index >= 15 is 0 Å². The van der Waals surface area contributed by atoms with E-state index in [1.54, 1.807) is 6.07 Å². The Bertz CT molecular complexity index is 1220. The van der Waals surface area contributed by atoms with Crippen molar-refractivity contribution in [3.8, 4) is 5.75 Å². The van der Waals surface area contributed by atoms with E-state index in [2.05, 4.69) is 15.9 Å². The minimum absolute atomic E-state index is 0.0144. The molecular weight excluding hydrogens is 482 g/mol. The molecule has 0 atom stereocenters. The number of methoxy groups -OCH3 is 1. The van der Waals surface area contributed by atoms with Gasteiger partial charge in [-0.05, 0) is 53.9 Å². The molecule has 0 aliphatic carbocycles. The summed E-state index contributed by atoms with van der Waals surface area (Å²) in [6, 6.07) is 19.0. The van der Waals surface area contributed by atoms with Crippen molar-refractivity contribution < 1.29 is 22.7 Å². The maximum atomic E-state index is 13.3. The van der Waals surface area contributed by atoms with Crippen LogP contribution in [0.2, 0.25) is 0 Å². The maximum Gasteiger partial charge on any atom is 0.342 e. The summed E-state index contributed by atoms with van der Waals surface area (Å²) in [5.74, 6) is -0.403. The normalized spacial score (nSPS) is 13.0. The number of sulfonamides is 1. The zero-order valence-corrected chi connectivity index (χ0v) is 19.1. The maximum absolute atomic E-state index is 13.3. The second-order valence-electron chi connectivity index (χ2n) is 7.02. The molecule has 160 valence electrons. The Morgan fingerprint density at radius 2 is 1.81 bits per heavy atom. The van der Waals surface area contributed by atoms with E-state index in [0.717, 1.165) is 15.6 Å². The van der Waals surface area contributed by atoms with Crippen molar-refractivity contribution in [1.29, 1.82) is 0 Å². The number of nitrogens with zero attached hydrogens (tertiary/aromatic N) is 1. The van der Waals surface area contributed by atoms with E-state index < -0.39 is 16.0 Å². The summed E-state index contributed by atoms with van der Waals surface area (Å²) in [6.45, 7) is 0.419. The van der Waals surface area contributed by atoms with Gasteiger partial charge in [0.05, 0.1) is 17.7 Å². The van der Waals surface area contributed by atoms with Gasteiger partial charge >= 0.3 is 5.97 Å². The fourth-order valence-corrected chi connectivity index (χ4v) is 5.29. The van der Waals surface area contributed by atoms with Crippen LogP contribution in [0.3, 0.4) is 0 Å². The first-order valence-corrected chi connectivity index (χ1v) is 11.8. The summed E-state index contributed by atoms with van der Waals surface area (Å²) < 4.78 is 39.6. The minimum atomic E-state index is -3.84. The molecule has 0 amide bonds. The molecule has 1 aliphatic rings. The Balaban J connectivity index is 1.61. The molecule has 8 heteroatoms. The molecule has 0 unspecified atom stereocenters. The van der Waals surface area contributed by atoms with Gasteiger partial charge in [0, 0.05) is 11.0 Å². The third-order valence-electron chi connectivity index (χ3n) is 5.11. The molecule has 1 heterocycles. The summed E-state index contributed by atoms with van der Waals surface area (Å²) >= 11 is 3.36. The lowest BCUT2D eigenvalue weighted by molar-refractivity contribution is 0.0468. The molecule has 0 N–H and O–H groups in total. The Hall–Kier alpha value is -2.84. The molecule has 1 aliphatic heterocycles. The number of hydrogen-bond acceptors (Lipinski definition) is 5. The first-order valence-electron chi connectivity index (χ1n) is 9.60. The fraction of sp³-hybridized carbons (Fsp3) is 0.174. The molecule has 6 nitrogen and oxygen atoms in total. The number of carbonyl (C=O) groups is 1. The number of anilines is 1. The second-order valence-corrected chi connectivity index (χ2v) is 9.80. The summed E-state index contributed by atoms with van der Waals surface area (Å²) in [5.41, 5.74) is 2.52. The van der Waals surface area contributed by atoms with E-state index in [0.29, 0.717) is 18.7 Å². The summed E-state index contributed by atoms with van der Waals surface area (Å²) in [6.07, 6.45) is 0.646. The monoisotopic (exact) mass is 501 g/mol. The standard InChI is InChI=1S/C23H20BrNO5S/c1-29-22-11-10-19(31(27,28)25-13-12-17-4-2-3-5-21(17)25)14-20(22)23(26)30-15-16-6-8-18(24)9-7-16/h2-11,14H,12-13,15H2,1H3. The van der Waals surface area contributed by atoms with Gasteiger partial charge in [-0.25, -0.2) is 13.2 Å². The van der Waals surface area contributed by atoms with Crippen molar-refractivity contribution in [2.45, 2.75) is 17.9 Å². The van der Waals surface area contributed by atoms with Gasteiger partial charge in [-0.15, -0.1) is 0 Å². The Morgan fingerprint density at radius 3 is 2.55 bits per heavy atom. The number of para-hydroxylation sites is 1. The molecule has 0 radical (unpaired) electrons. The van der Waals surface area contributed by atoms with Gasteiger partial charge in [-0.3, -0.25) is 4.31 Å². The molecule has 0 fully saturated rings. The third-order valence-corrected chi connectivity index (χ3v) is 7.44. The van der Waals surface area contributed by atoms with E-state index in [9.17, 15) is 13.2 Å². The highest BCUT2D eigenvalue weighted by Crippen LogP contribution is 2.34. The molecule has 3 aromatic carbocycles. The summed E-state index contributed by atoms with van der Waals surface area (Å²) in [7, 11) is -2.42. The van der Waals surface area contributed by atoms with Gasteiger partial charge in [0.15, 0.2) is 0 Å². The van der Waals surface area contributed by atoms with Crippen LogP contribution in [0.5, 0.6) is 5.75 Å². The van der Waals surface area contributed by atoms with Crippen LogP contribution in [-0.2, 0) is 27.8 Å². The largest absolute Gasteiger partial charge is 0.496 e. The van der Waals surface area contributed by atoms with Gasteiger partial charge in [-0.1, -0.05) is 46.3 Å². The number of hydrogen-bond donors (Lipinski definition) is 0. The first-order chi connectivity index (χ1) is 14.9. The van der Waals surface area contributed by atoms with Crippen molar-refractivity contribution in [1.82, 2.24) is 0 Å². The lowest BCUT2D eigenvalue weighted by Crippen LogP contribution is -2.29. The van der Waals surface area contributed by atoms with Gasteiger partial charge < -0.3 is 9.47 Å². The molecular formula is C23H20BrNO5S. The molecule has 3 aromatic rings. The Kier molecular flexibility index (Phi) is 6.02. The number of ether oxygens (including phenoxy) is 2. The van der Waals surface area contributed by atoms with E-state index in [1.807, 2.05) is 42.5 Å². The molecule has 0 saturated carbocycles. The van der Waals surface area contributed by atoms with Crippen LogP contribution in [0.15, 0.2) is 76.1 Å². The van der Waals surface area contributed by atoms with Crippen molar-refractivity contribution >= 4 is 37.6 Å². The number of rotatable bonds is 6. The highest BCUT2D eigenvalue weighted by atomic mass is 79.9. The predicted octanol–water partition coefficient (Wildman–Crippen LogP) is 4.57. The van der Waals surface area contributed by atoms with E-state index in [-0.39, 0.29) is 22.8 Å². The SMILES string of the molecule is COc1ccc(S(=O)(=O)N2CCc3ccccc32)cc1C(=O)OCc1ccc(Br)cc1. The van der Waals surface area contributed by atoms with Crippen LogP contribution >= 0.6 is 15.9 Å². The molecule has 0 bridgehead atoms. The van der Waals surface area contributed by atoms with Crippen LogP contribution in [0.25, 0.3) is 0 Å². The topological polar surface area (TPSA) is 72.9 Å². The van der Waals surface area contributed by atoms with Gasteiger partial charge in [-0.2, -0.15) is 0 Å². The molecule has 0 spiro atoms. The van der Waals surface area contributed by atoms with Crippen molar-refractivity contribution in [3.05, 3.63) is 87.9 Å². The van der Waals surface area contributed by atoms with Crippen molar-refractivity contribution in [2.75, 3.05) is 18.0 Å². The number of carbonyl (C=O) groups excluding carboxylic acids is 1. The molecule has 4 rings (SSSR count). The van der Waals surface area contributed by atoms with Crippen LogP contribution in [0.4, 0.5) is 5.69 Å². The van der Waals surface area contributed by atoms with Gasteiger partial charge in [0.25, 0.3) is 10.0 Å². The van der Waals surface area contributed by atoms with Gasteiger partial charge in [0.2, 0.25) is 0 Å². The number of benzene rings is 3. The summed E-state index contributed by atoms with van der Waals surface area (Å²) in [4.78, 5) is 12.8. The number of halogens is 1. The first kappa shape index (κ1) is 21.4. The summed E-state index contributed by atoms with van der Waals surface area (Å²) in [5, 5.41) is 0. The lowest BCUT2D eigenvalue weighted by Gasteiger charge is -2.20. The fourth-order valence-electron chi connectivity index (χ4n) is 3.50. The number of fused-ring (bicyclic) bond motifs is 1. The zero-order chi connectivity index (χ0) is 22.0. The third kappa shape index (κ3) is 4.31. The van der Waals surface area contributed by atoms with Crippen molar-refractivity contribution in [3.63, 3.8) is 0 Å². The molecule has 0 aromatic heterocycles. The van der Waals surface area contributed by atoms with E-state index in [1.165, 1.54) is 29.6 Å². The highest BCUT2D eigenvalue weighted by molar-refractivity contribution is 9.10. The van der Waals surface area contributed by atoms with Crippen LogP contribution in [0, 0.1) is 0 Å². The zero-order valence-electron chi connectivity index (χ0n) is 16.7. The molecule has 0 saturated heterocycles. The average Bonchev–Trinajstić information content (AvgIpc) is 3.23. The highest BCUT2D eigenvalue weighted by Gasteiger charge is 2.31. The predicted molar refractivity (Wildman–Crippen MR) is 121 cm³/mol. The minimum Gasteiger partial charge on any atom is -0.496 e. The smallest absolute Gasteiger partial charge is 0.342 e. The van der Waals surface area contributed by atoms with Crippen LogP contribution in [-0.4, -0.2) is 28.0 Å². The molecule has 31 heavy (non-hydrogen) atoms. The van der Waals surface area contributed by atoms with Crippen LogP contribution in [0.1, 0.15) is 21.5 Å². The number of esters is 1. The Morgan fingerprint density at radius 1 is 1.06 bits per heavy atom. The van der Waals surface area contributed by atoms with E-state index in [4.69, 9.17) is 9.47 Å². The van der Waals surface area contributed by atoms with Gasteiger partial charge in [0.1, 0.15) is 17.9 Å². The lowest BCUT2D eigenvalue weighted by atomic mass is 10.2. The van der Waals surface area contributed by atoms with Crippen LogP contribution < -0.4 is 9.04 Å².